The third kappa shape index (κ3) is 3.63. The van der Waals surface area contributed by atoms with Gasteiger partial charge in [0.2, 0.25) is 0 Å². The highest BCUT2D eigenvalue weighted by Crippen LogP contribution is 2.43. The molecule has 3 aromatic carbocycles. The lowest BCUT2D eigenvalue weighted by Gasteiger charge is -2.32. The van der Waals surface area contributed by atoms with Gasteiger partial charge in [-0.3, -0.25) is 4.98 Å². The van der Waals surface area contributed by atoms with E-state index in [1.807, 2.05) is 60.7 Å². The molecule has 0 radical (unpaired) electrons. The fourth-order valence-corrected chi connectivity index (χ4v) is 4.09. The van der Waals surface area contributed by atoms with Crippen molar-refractivity contribution in [1.29, 1.82) is 0 Å². The minimum Gasteiger partial charge on any atom is -0.493 e. The molecule has 1 aromatic heterocycles. The molecule has 7 heteroatoms. The Bertz CT molecular complexity index is 1290. The Balaban J connectivity index is 1.50. The molecule has 32 heavy (non-hydrogen) atoms. The monoisotopic (exact) mass is 448 g/mol. The summed E-state index contributed by atoms with van der Waals surface area (Å²) in [6, 6.07) is 19.1. The van der Waals surface area contributed by atoms with Crippen molar-refractivity contribution in [3.63, 3.8) is 0 Å². The molecule has 0 saturated heterocycles. The van der Waals surface area contributed by atoms with E-state index in [0.717, 1.165) is 28.0 Å². The highest BCUT2D eigenvalue weighted by atomic mass is 35.5. The zero-order chi connectivity index (χ0) is 22.1. The van der Waals surface area contributed by atoms with E-state index in [0.29, 0.717) is 41.2 Å². The Morgan fingerprint density at radius 2 is 1.72 bits per heavy atom. The molecule has 0 saturated carbocycles. The van der Waals surface area contributed by atoms with Crippen molar-refractivity contribution in [2.24, 2.45) is 0 Å². The molecule has 0 unspecified atom stereocenters. The van der Waals surface area contributed by atoms with Gasteiger partial charge in [0, 0.05) is 23.7 Å². The Labute approximate surface area is 190 Å². The number of benzene rings is 3. The normalized spacial score (nSPS) is 12.8. The van der Waals surface area contributed by atoms with Gasteiger partial charge in [0.05, 0.1) is 42.7 Å². The molecule has 5 rings (SSSR count). The van der Waals surface area contributed by atoms with E-state index < -0.39 is 0 Å². The minimum absolute atomic E-state index is 0.552. The average molecular weight is 449 g/mol. The van der Waals surface area contributed by atoms with Crippen LogP contribution in [0.15, 0.2) is 66.9 Å². The fraction of sp³-hybridized carbons (Fsp3) is 0.160. The summed E-state index contributed by atoms with van der Waals surface area (Å²) in [6.45, 7) is 1.27. The number of pyridine rings is 1. The minimum atomic E-state index is 0.552. The first kappa shape index (κ1) is 20.3. The van der Waals surface area contributed by atoms with Crippen molar-refractivity contribution in [1.82, 2.24) is 4.98 Å². The van der Waals surface area contributed by atoms with Crippen molar-refractivity contribution in [2.75, 3.05) is 32.3 Å². The summed E-state index contributed by atoms with van der Waals surface area (Å²) in [7, 11) is 3.20. The highest BCUT2D eigenvalue weighted by Gasteiger charge is 2.22. The zero-order valence-corrected chi connectivity index (χ0v) is 18.4. The van der Waals surface area contributed by atoms with E-state index in [1.165, 1.54) is 0 Å². The second-order valence-electron chi connectivity index (χ2n) is 7.22. The summed E-state index contributed by atoms with van der Waals surface area (Å²) in [4.78, 5) is 6.59. The molecule has 0 atom stereocenters. The Morgan fingerprint density at radius 1 is 0.906 bits per heavy atom. The molecule has 1 aliphatic rings. The van der Waals surface area contributed by atoms with Gasteiger partial charge in [0.25, 0.3) is 0 Å². The number of halogens is 1. The molecule has 162 valence electrons. The molecule has 2 heterocycles. The maximum atomic E-state index is 6.43. The van der Waals surface area contributed by atoms with Crippen LogP contribution in [0, 0.1) is 0 Å². The van der Waals surface area contributed by atoms with Gasteiger partial charge in [-0.15, -0.1) is 0 Å². The Kier molecular flexibility index (Phi) is 5.37. The molecule has 0 bridgehead atoms. The Hall–Kier alpha value is -3.64. The van der Waals surface area contributed by atoms with E-state index >= 15 is 0 Å². The molecule has 1 aliphatic heterocycles. The van der Waals surface area contributed by atoms with E-state index in [9.17, 15) is 0 Å². The number of hydrogen-bond acceptors (Lipinski definition) is 6. The number of fused-ring (bicyclic) bond motifs is 2. The highest BCUT2D eigenvalue weighted by molar-refractivity contribution is 6.33. The van der Waals surface area contributed by atoms with Gasteiger partial charge in [0.1, 0.15) is 23.9 Å². The van der Waals surface area contributed by atoms with Crippen molar-refractivity contribution in [3.05, 3.63) is 71.9 Å². The number of para-hydroxylation sites is 1. The number of hydrogen-bond donors (Lipinski definition) is 0. The molecule has 0 spiro atoms. The predicted octanol–water partition coefficient (Wildman–Crippen LogP) is 6.23. The SMILES string of the molecule is COc1cc2nccc(Oc3ccc4c(c3)OCCN4c3ccccc3Cl)c2cc1OC. The van der Waals surface area contributed by atoms with Gasteiger partial charge >= 0.3 is 0 Å². The van der Waals surface area contributed by atoms with Crippen LogP contribution < -0.4 is 23.8 Å². The van der Waals surface area contributed by atoms with Crippen LogP contribution in [0.3, 0.4) is 0 Å². The smallest absolute Gasteiger partial charge is 0.162 e. The number of ether oxygens (including phenoxy) is 4. The largest absolute Gasteiger partial charge is 0.493 e. The number of methoxy groups -OCH3 is 2. The number of nitrogens with zero attached hydrogens (tertiary/aromatic N) is 2. The lowest BCUT2D eigenvalue weighted by atomic mass is 10.1. The van der Waals surface area contributed by atoms with Crippen LogP contribution in [0.2, 0.25) is 5.02 Å². The lowest BCUT2D eigenvalue weighted by Crippen LogP contribution is -2.28. The molecular weight excluding hydrogens is 428 g/mol. The summed E-state index contributed by atoms with van der Waals surface area (Å²) in [5, 5.41) is 1.52. The van der Waals surface area contributed by atoms with Gasteiger partial charge in [-0.1, -0.05) is 23.7 Å². The van der Waals surface area contributed by atoms with Crippen molar-refractivity contribution >= 4 is 33.9 Å². The number of rotatable bonds is 5. The summed E-state index contributed by atoms with van der Waals surface area (Å²) in [6.07, 6.45) is 1.71. The van der Waals surface area contributed by atoms with Gasteiger partial charge in [-0.25, -0.2) is 0 Å². The molecule has 0 N–H and O–H groups in total. The molecule has 0 fully saturated rings. The topological polar surface area (TPSA) is 53.0 Å². The van der Waals surface area contributed by atoms with Crippen molar-refractivity contribution in [3.8, 4) is 28.7 Å². The van der Waals surface area contributed by atoms with Gasteiger partial charge < -0.3 is 23.8 Å². The zero-order valence-electron chi connectivity index (χ0n) is 17.7. The maximum Gasteiger partial charge on any atom is 0.162 e. The van der Waals surface area contributed by atoms with Crippen LogP contribution >= 0.6 is 11.6 Å². The van der Waals surface area contributed by atoms with Crippen LogP contribution in [-0.4, -0.2) is 32.4 Å². The predicted molar refractivity (Wildman–Crippen MR) is 125 cm³/mol. The lowest BCUT2D eigenvalue weighted by molar-refractivity contribution is 0.312. The van der Waals surface area contributed by atoms with E-state index in [2.05, 4.69) is 9.88 Å². The average Bonchev–Trinajstić information content (AvgIpc) is 2.83. The van der Waals surface area contributed by atoms with Gasteiger partial charge in [0.15, 0.2) is 11.5 Å². The fourth-order valence-electron chi connectivity index (χ4n) is 3.85. The van der Waals surface area contributed by atoms with Crippen molar-refractivity contribution < 1.29 is 18.9 Å². The first-order chi connectivity index (χ1) is 15.7. The van der Waals surface area contributed by atoms with Crippen LogP contribution in [0.5, 0.6) is 28.7 Å². The van der Waals surface area contributed by atoms with Gasteiger partial charge in [-0.2, -0.15) is 0 Å². The van der Waals surface area contributed by atoms with E-state index in [1.54, 1.807) is 20.4 Å². The summed E-state index contributed by atoms with van der Waals surface area (Å²) < 4.78 is 23.0. The summed E-state index contributed by atoms with van der Waals surface area (Å²) >= 11 is 6.43. The maximum absolute atomic E-state index is 6.43. The molecule has 6 nitrogen and oxygen atoms in total. The quantitative estimate of drug-likeness (QED) is 0.361. The van der Waals surface area contributed by atoms with E-state index in [4.69, 9.17) is 30.5 Å². The van der Waals surface area contributed by atoms with Crippen LogP contribution in [0.25, 0.3) is 10.9 Å². The summed E-state index contributed by atoms with van der Waals surface area (Å²) in [5.41, 5.74) is 2.65. The Morgan fingerprint density at radius 3 is 2.53 bits per heavy atom. The molecule has 0 aliphatic carbocycles. The number of aromatic nitrogens is 1. The van der Waals surface area contributed by atoms with Crippen LogP contribution in [0.4, 0.5) is 11.4 Å². The van der Waals surface area contributed by atoms with E-state index in [-0.39, 0.29) is 0 Å². The van der Waals surface area contributed by atoms with Crippen molar-refractivity contribution in [2.45, 2.75) is 0 Å². The van der Waals surface area contributed by atoms with Crippen LogP contribution in [-0.2, 0) is 0 Å². The van der Waals surface area contributed by atoms with Crippen LogP contribution in [0.1, 0.15) is 0 Å². The number of anilines is 2. The second-order valence-corrected chi connectivity index (χ2v) is 7.62. The second kappa shape index (κ2) is 8.48. The first-order valence-corrected chi connectivity index (χ1v) is 10.5. The molecule has 0 amide bonds. The third-order valence-corrected chi connectivity index (χ3v) is 5.69. The first-order valence-electron chi connectivity index (χ1n) is 10.2. The standard InChI is InChI=1S/C25H21ClN2O4/c1-29-24-14-17-19(15-25(24)30-2)27-10-9-22(17)32-16-7-8-21-23(13-16)31-12-11-28(21)20-6-4-3-5-18(20)26/h3-10,13-15H,11-12H2,1-2H3. The third-order valence-electron chi connectivity index (χ3n) is 5.37. The van der Waals surface area contributed by atoms with Gasteiger partial charge in [-0.05, 0) is 36.4 Å². The molecule has 4 aromatic rings. The molecular formula is C25H21ClN2O4. The summed E-state index contributed by atoms with van der Waals surface area (Å²) in [5.74, 6) is 3.29.